The van der Waals surface area contributed by atoms with Crippen LogP contribution in [-0.2, 0) is 9.47 Å². The van der Waals surface area contributed by atoms with Crippen LogP contribution in [0.1, 0.15) is 52.4 Å². The molecule has 0 aromatic rings. The Bertz CT molecular complexity index is 203. The Hall–Kier alpha value is 0.270. The van der Waals surface area contributed by atoms with Crippen molar-refractivity contribution in [1.82, 2.24) is 0 Å². The molecule has 3 heteroatoms. The summed E-state index contributed by atoms with van der Waals surface area (Å²) in [5.41, 5.74) is 0.268. The second-order valence-electron chi connectivity index (χ2n) is 5.70. The van der Waals surface area contributed by atoms with E-state index in [9.17, 15) is 0 Å². The molecule has 1 rings (SSSR count). The van der Waals surface area contributed by atoms with Gasteiger partial charge < -0.3 is 9.47 Å². The first-order chi connectivity index (χ1) is 8.76. The molecule has 0 amide bonds. The van der Waals surface area contributed by atoms with Crippen molar-refractivity contribution < 1.29 is 9.47 Å². The second kappa shape index (κ2) is 9.22. The van der Waals surface area contributed by atoms with Gasteiger partial charge in [-0.2, -0.15) is 12.6 Å². The number of hydrogen-bond donors (Lipinski definition) is 1. The first-order valence-electron chi connectivity index (χ1n) is 7.52. The van der Waals surface area contributed by atoms with Gasteiger partial charge in [-0.3, -0.25) is 0 Å². The van der Waals surface area contributed by atoms with Gasteiger partial charge >= 0.3 is 0 Å². The molecule has 0 radical (unpaired) electrons. The summed E-state index contributed by atoms with van der Waals surface area (Å²) in [7, 11) is 0. The van der Waals surface area contributed by atoms with Crippen LogP contribution < -0.4 is 0 Å². The zero-order valence-electron chi connectivity index (χ0n) is 12.1. The van der Waals surface area contributed by atoms with Crippen molar-refractivity contribution in [2.24, 2.45) is 11.3 Å². The van der Waals surface area contributed by atoms with Crippen LogP contribution in [0.5, 0.6) is 0 Å². The molecule has 108 valence electrons. The van der Waals surface area contributed by atoms with Crippen LogP contribution in [-0.4, -0.2) is 32.2 Å². The molecule has 1 aliphatic rings. The summed E-state index contributed by atoms with van der Waals surface area (Å²) in [4.78, 5) is 0. The molecule has 0 bridgehead atoms. The highest BCUT2D eigenvalue weighted by Crippen LogP contribution is 2.32. The summed E-state index contributed by atoms with van der Waals surface area (Å²) >= 11 is 4.52. The number of thiol groups is 1. The molecule has 0 aliphatic carbocycles. The van der Waals surface area contributed by atoms with Crippen molar-refractivity contribution in [2.75, 3.05) is 32.2 Å². The highest BCUT2D eigenvalue weighted by Gasteiger charge is 2.31. The molecule has 0 aromatic heterocycles. The van der Waals surface area contributed by atoms with Crippen molar-refractivity contribution in [3.8, 4) is 0 Å². The lowest BCUT2D eigenvalue weighted by molar-refractivity contribution is -0.0350. The van der Waals surface area contributed by atoms with E-state index in [1.807, 2.05) is 0 Å². The average molecular weight is 274 g/mol. The minimum Gasteiger partial charge on any atom is -0.381 e. The first-order valence-corrected chi connectivity index (χ1v) is 8.16. The average Bonchev–Trinajstić information content (AvgIpc) is 2.43. The summed E-state index contributed by atoms with van der Waals surface area (Å²) in [5.74, 6) is 1.66. The van der Waals surface area contributed by atoms with Gasteiger partial charge in [0.2, 0.25) is 0 Å². The maximum absolute atomic E-state index is 6.01. The van der Waals surface area contributed by atoms with E-state index in [-0.39, 0.29) is 5.41 Å². The monoisotopic (exact) mass is 274 g/mol. The summed E-state index contributed by atoms with van der Waals surface area (Å²) < 4.78 is 11.5. The molecule has 1 fully saturated rings. The summed E-state index contributed by atoms with van der Waals surface area (Å²) in [5, 5.41) is 0. The third-order valence-corrected chi connectivity index (χ3v) is 4.86. The van der Waals surface area contributed by atoms with E-state index in [0.29, 0.717) is 0 Å². The van der Waals surface area contributed by atoms with Gasteiger partial charge in [-0.25, -0.2) is 0 Å². The number of rotatable bonds is 9. The van der Waals surface area contributed by atoms with E-state index >= 15 is 0 Å². The normalized spacial score (nSPS) is 20.8. The third kappa shape index (κ3) is 5.50. The predicted octanol–water partition coefficient (Wildman–Crippen LogP) is 3.95. The Balaban J connectivity index is 2.24. The Labute approximate surface area is 118 Å². The fraction of sp³-hybridized carbons (Fsp3) is 1.00. The molecule has 1 saturated heterocycles. The SMILES string of the molecule is CCCCC(CC)COCC1(CS)CCOCC1. The standard InChI is InChI=1S/C15H30O2S/c1-3-5-6-14(4-2)11-17-12-15(13-18)7-9-16-10-8-15/h14,18H,3-13H2,1-2H3. The minimum absolute atomic E-state index is 0.268. The fourth-order valence-electron chi connectivity index (χ4n) is 2.49. The van der Waals surface area contributed by atoms with E-state index in [1.165, 1.54) is 25.7 Å². The van der Waals surface area contributed by atoms with Crippen LogP contribution in [0.3, 0.4) is 0 Å². The molecule has 0 saturated carbocycles. The molecule has 1 aliphatic heterocycles. The Morgan fingerprint density at radius 3 is 2.56 bits per heavy atom. The van der Waals surface area contributed by atoms with E-state index in [1.54, 1.807) is 0 Å². The van der Waals surface area contributed by atoms with Gasteiger partial charge in [-0.05, 0) is 30.9 Å². The van der Waals surface area contributed by atoms with E-state index < -0.39 is 0 Å². The number of hydrogen-bond acceptors (Lipinski definition) is 3. The fourth-order valence-corrected chi connectivity index (χ4v) is 2.90. The summed E-state index contributed by atoms with van der Waals surface area (Å²) in [6, 6.07) is 0. The largest absolute Gasteiger partial charge is 0.381 e. The second-order valence-corrected chi connectivity index (χ2v) is 6.02. The highest BCUT2D eigenvalue weighted by atomic mass is 32.1. The maximum Gasteiger partial charge on any atom is 0.0532 e. The van der Waals surface area contributed by atoms with E-state index in [4.69, 9.17) is 9.47 Å². The van der Waals surface area contributed by atoms with Crippen LogP contribution in [0.2, 0.25) is 0 Å². The summed E-state index contributed by atoms with van der Waals surface area (Å²) in [6.07, 6.45) is 7.35. The molecule has 18 heavy (non-hydrogen) atoms. The molecule has 2 nitrogen and oxygen atoms in total. The zero-order chi connectivity index (χ0) is 13.3. The van der Waals surface area contributed by atoms with Gasteiger partial charge in [-0.15, -0.1) is 0 Å². The van der Waals surface area contributed by atoms with Crippen molar-refractivity contribution in [3.05, 3.63) is 0 Å². The maximum atomic E-state index is 6.01. The molecular formula is C15H30O2S. The smallest absolute Gasteiger partial charge is 0.0532 e. The quantitative estimate of drug-likeness (QED) is 0.642. The lowest BCUT2D eigenvalue weighted by Gasteiger charge is -2.36. The molecular weight excluding hydrogens is 244 g/mol. The zero-order valence-corrected chi connectivity index (χ0v) is 13.0. The highest BCUT2D eigenvalue weighted by molar-refractivity contribution is 7.80. The Morgan fingerprint density at radius 1 is 1.28 bits per heavy atom. The van der Waals surface area contributed by atoms with Gasteiger partial charge in [-0.1, -0.05) is 33.1 Å². The van der Waals surface area contributed by atoms with Crippen LogP contribution in [0.25, 0.3) is 0 Å². The van der Waals surface area contributed by atoms with Gasteiger partial charge in [0.25, 0.3) is 0 Å². The van der Waals surface area contributed by atoms with Crippen molar-refractivity contribution in [3.63, 3.8) is 0 Å². The van der Waals surface area contributed by atoms with Gasteiger partial charge in [0.15, 0.2) is 0 Å². The topological polar surface area (TPSA) is 18.5 Å². The third-order valence-electron chi connectivity index (χ3n) is 4.19. The lowest BCUT2D eigenvalue weighted by Crippen LogP contribution is -2.36. The number of ether oxygens (including phenoxy) is 2. The van der Waals surface area contributed by atoms with Crippen LogP contribution >= 0.6 is 12.6 Å². The van der Waals surface area contributed by atoms with Gasteiger partial charge in [0, 0.05) is 25.2 Å². The van der Waals surface area contributed by atoms with Gasteiger partial charge in [0.05, 0.1) is 6.61 Å². The van der Waals surface area contributed by atoms with Crippen molar-refractivity contribution in [1.29, 1.82) is 0 Å². The Kier molecular flexibility index (Phi) is 8.36. The summed E-state index contributed by atoms with van der Waals surface area (Å²) in [6.45, 7) is 8.06. The predicted molar refractivity (Wildman–Crippen MR) is 80.5 cm³/mol. The molecule has 1 atom stereocenters. The molecule has 0 aromatic carbocycles. The molecule has 1 unspecified atom stereocenters. The molecule has 1 heterocycles. The van der Waals surface area contributed by atoms with E-state index in [0.717, 1.165) is 50.9 Å². The number of unbranched alkanes of at least 4 members (excludes halogenated alkanes) is 1. The van der Waals surface area contributed by atoms with Crippen LogP contribution in [0.4, 0.5) is 0 Å². The molecule has 0 spiro atoms. The van der Waals surface area contributed by atoms with E-state index in [2.05, 4.69) is 26.5 Å². The van der Waals surface area contributed by atoms with Gasteiger partial charge in [0.1, 0.15) is 0 Å². The van der Waals surface area contributed by atoms with Crippen LogP contribution in [0, 0.1) is 11.3 Å². The van der Waals surface area contributed by atoms with Crippen molar-refractivity contribution in [2.45, 2.75) is 52.4 Å². The molecule has 0 N–H and O–H groups in total. The first kappa shape index (κ1) is 16.3. The lowest BCUT2D eigenvalue weighted by atomic mass is 9.83. The minimum atomic E-state index is 0.268. The Morgan fingerprint density at radius 2 is 2.00 bits per heavy atom. The van der Waals surface area contributed by atoms with Crippen molar-refractivity contribution >= 4 is 12.6 Å². The van der Waals surface area contributed by atoms with Crippen LogP contribution in [0.15, 0.2) is 0 Å².